The first kappa shape index (κ1) is 13.5. The molecule has 1 aromatic carbocycles. The number of nitrogens with one attached hydrogen (secondary N) is 2. The normalized spacial score (nSPS) is 10.3. The lowest BCUT2D eigenvalue weighted by molar-refractivity contribution is 0.102. The Morgan fingerprint density at radius 1 is 1.26 bits per heavy atom. The fourth-order valence-corrected chi connectivity index (χ4v) is 2.04. The van der Waals surface area contributed by atoms with E-state index >= 15 is 0 Å². The van der Waals surface area contributed by atoms with E-state index in [1.165, 1.54) is 18.5 Å². The molecule has 0 aliphatic heterocycles. The van der Waals surface area contributed by atoms with E-state index in [1.807, 2.05) is 26.0 Å². The third-order valence-electron chi connectivity index (χ3n) is 2.76. The molecule has 0 unspecified atom stereocenters. The van der Waals surface area contributed by atoms with Crippen LogP contribution in [0.4, 0.5) is 5.69 Å². The molecule has 0 spiro atoms. The van der Waals surface area contributed by atoms with Gasteiger partial charge in [-0.2, -0.15) is 0 Å². The van der Waals surface area contributed by atoms with Gasteiger partial charge in [-0.15, -0.1) is 0 Å². The van der Waals surface area contributed by atoms with Gasteiger partial charge in [0.2, 0.25) is 0 Å². The SMILES string of the molecule is Cc1cc(NC(=O)c2c[nH]ccc2=O)cc(C)c1Br. The number of rotatable bonds is 2. The zero-order valence-corrected chi connectivity index (χ0v) is 12.2. The number of aryl methyl sites for hydroxylation is 2. The third kappa shape index (κ3) is 2.93. The minimum absolute atomic E-state index is 0.0979. The van der Waals surface area contributed by atoms with Gasteiger partial charge in [0.15, 0.2) is 5.43 Å². The fourth-order valence-electron chi connectivity index (χ4n) is 1.81. The summed E-state index contributed by atoms with van der Waals surface area (Å²) in [7, 11) is 0. The number of aromatic nitrogens is 1. The maximum atomic E-state index is 12.0. The van der Waals surface area contributed by atoms with E-state index in [0.717, 1.165) is 15.6 Å². The smallest absolute Gasteiger partial charge is 0.261 e. The minimum Gasteiger partial charge on any atom is -0.367 e. The standard InChI is InChI=1S/C14H13BrN2O2/c1-8-5-10(6-9(2)13(8)15)17-14(19)11-7-16-4-3-12(11)18/h3-7H,1-2H3,(H,16,18)(H,17,19). The Hall–Kier alpha value is -1.88. The van der Waals surface area contributed by atoms with Crippen LogP contribution in [0.5, 0.6) is 0 Å². The molecule has 1 amide bonds. The van der Waals surface area contributed by atoms with Crippen LogP contribution >= 0.6 is 15.9 Å². The summed E-state index contributed by atoms with van der Waals surface area (Å²) in [4.78, 5) is 26.3. The maximum Gasteiger partial charge on any atom is 0.261 e. The van der Waals surface area contributed by atoms with Crippen LogP contribution in [0.25, 0.3) is 0 Å². The van der Waals surface area contributed by atoms with E-state index < -0.39 is 5.91 Å². The van der Waals surface area contributed by atoms with Crippen molar-refractivity contribution in [3.05, 3.63) is 62.0 Å². The van der Waals surface area contributed by atoms with E-state index in [2.05, 4.69) is 26.2 Å². The minimum atomic E-state index is -0.414. The maximum absolute atomic E-state index is 12.0. The molecule has 2 aromatic rings. The van der Waals surface area contributed by atoms with Gasteiger partial charge in [-0.1, -0.05) is 15.9 Å². The fraction of sp³-hybridized carbons (Fsp3) is 0.143. The molecule has 98 valence electrons. The number of pyridine rings is 1. The van der Waals surface area contributed by atoms with Crippen molar-refractivity contribution in [2.24, 2.45) is 0 Å². The monoisotopic (exact) mass is 320 g/mol. The molecule has 0 fully saturated rings. The lowest BCUT2D eigenvalue weighted by atomic mass is 10.1. The van der Waals surface area contributed by atoms with Crippen LogP contribution in [0.15, 0.2) is 39.9 Å². The van der Waals surface area contributed by atoms with Gasteiger partial charge in [0.25, 0.3) is 5.91 Å². The van der Waals surface area contributed by atoms with Gasteiger partial charge in [0.1, 0.15) is 5.56 Å². The topological polar surface area (TPSA) is 62.0 Å². The van der Waals surface area contributed by atoms with Crippen molar-refractivity contribution in [2.45, 2.75) is 13.8 Å². The average molecular weight is 321 g/mol. The Morgan fingerprint density at radius 3 is 2.47 bits per heavy atom. The number of aromatic amines is 1. The molecule has 19 heavy (non-hydrogen) atoms. The number of carbonyl (C=O) groups is 1. The van der Waals surface area contributed by atoms with Crippen LogP contribution in [0, 0.1) is 13.8 Å². The summed E-state index contributed by atoms with van der Waals surface area (Å²) < 4.78 is 1.02. The van der Waals surface area contributed by atoms with Gasteiger partial charge in [-0.05, 0) is 37.1 Å². The molecule has 0 aliphatic rings. The van der Waals surface area contributed by atoms with Gasteiger partial charge >= 0.3 is 0 Å². The highest BCUT2D eigenvalue weighted by Gasteiger charge is 2.11. The molecule has 0 aliphatic carbocycles. The second kappa shape index (κ2) is 5.40. The summed E-state index contributed by atoms with van der Waals surface area (Å²) in [6, 6.07) is 5.03. The third-order valence-corrected chi connectivity index (χ3v) is 4.01. The predicted octanol–water partition coefficient (Wildman–Crippen LogP) is 3.01. The van der Waals surface area contributed by atoms with Gasteiger partial charge in [-0.25, -0.2) is 0 Å². The van der Waals surface area contributed by atoms with E-state index in [9.17, 15) is 9.59 Å². The molecule has 1 heterocycles. The molecule has 2 N–H and O–H groups in total. The van der Waals surface area contributed by atoms with Gasteiger partial charge in [-0.3, -0.25) is 9.59 Å². The van der Waals surface area contributed by atoms with Crippen LogP contribution < -0.4 is 10.7 Å². The molecule has 5 heteroatoms. The molecule has 0 saturated heterocycles. The number of hydrogen-bond donors (Lipinski definition) is 2. The van der Waals surface area contributed by atoms with Crippen molar-refractivity contribution >= 4 is 27.5 Å². The lowest BCUT2D eigenvalue weighted by Gasteiger charge is -2.09. The number of benzene rings is 1. The molecular weight excluding hydrogens is 308 g/mol. The van der Waals surface area contributed by atoms with E-state index in [1.54, 1.807) is 0 Å². The predicted molar refractivity (Wildman–Crippen MR) is 78.6 cm³/mol. The molecule has 0 saturated carbocycles. The Kier molecular flexibility index (Phi) is 3.85. The van der Waals surface area contributed by atoms with Crippen molar-refractivity contribution < 1.29 is 4.79 Å². The molecule has 0 atom stereocenters. The zero-order valence-electron chi connectivity index (χ0n) is 10.6. The molecular formula is C14H13BrN2O2. The highest BCUT2D eigenvalue weighted by Crippen LogP contribution is 2.25. The van der Waals surface area contributed by atoms with Gasteiger partial charge < -0.3 is 10.3 Å². The summed E-state index contributed by atoms with van der Waals surface area (Å²) in [6.07, 6.45) is 2.89. The van der Waals surface area contributed by atoms with Crippen LogP contribution in [0.3, 0.4) is 0 Å². The Balaban J connectivity index is 2.30. The first-order valence-electron chi connectivity index (χ1n) is 5.74. The molecule has 0 radical (unpaired) electrons. The van der Waals surface area contributed by atoms with E-state index in [4.69, 9.17) is 0 Å². The lowest BCUT2D eigenvalue weighted by Crippen LogP contribution is -2.20. The van der Waals surface area contributed by atoms with E-state index in [-0.39, 0.29) is 11.0 Å². The van der Waals surface area contributed by atoms with Crippen LogP contribution in [0.2, 0.25) is 0 Å². The summed E-state index contributed by atoms with van der Waals surface area (Å²) >= 11 is 3.47. The highest BCUT2D eigenvalue weighted by molar-refractivity contribution is 9.10. The number of amides is 1. The van der Waals surface area contributed by atoms with Crippen LogP contribution in [0.1, 0.15) is 21.5 Å². The number of carbonyl (C=O) groups excluding carboxylic acids is 1. The summed E-state index contributed by atoms with van der Waals surface area (Å²) in [5.41, 5.74) is 2.52. The zero-order chi connectivity index (χ0) is 14.0. The number of halogens is 1. The quantitative estimate of drug-likeness (QED) is 0.893. The number of anilines is 1. The van der Waals surface area contributed by atoms with Gasteiger partial charge in [0, 0.05) is 28.6 Å². The first-order valence-corrected chi connectivity index (χ1v) is 6.53. The first-order chi connectivity index (χ1) is 8.99. The second-order valence-electron chi connectivity index (χ2n) is 4.30. The van der Waals surface area contributed by atoms with Gasteiger partial charge in [0.05, 0.1) is 0 Å². The van der Waals surface area contributed by atoms with E-state index in [0.29, 0.717) is 5.69 Å². The Morgan fingerprint density at radius 2 is 1.89 bits per heavy atom. The average Bonchev–Trinajstić information content (AvgIpc) is 2.36. The summed E-state index contributed by atoms with van der Waals surface area (Å²) in [5.74, 6) is -0.414. The Labute approximate surface area is 119 Å². The highest BCUT2D eigenvalue weighted by atomic mass is 79.9. The molecule has 0 bridgehead atoms. The van der Waals surface area contributed by atoms with Crippen molar-refractivity contribution in [2.75, 3.05) is 5.32 Å². The molecule has 4 nitrogen and oxygen atoms in total. The Bertz CT molecular complexity index is 669. The molecule has 2 rings (SSSR count). The number of H-pyrrole nitrogens is 1. The van der Waals surface area contributed by atoms with Crippen molar-refractivity contribution in [3.8, 4) is 0 Å². The second-order valence-corrected chi connectivity index (χ2v) is 5.09. The van der Waals surface area contributed by atoms with Crippen molar-refractivity contribution in [1.29, 1.82) is 0 Å². The largest absolute Gasteiger partial charge is 0.367 e. The van der Waals surface area contributed by atoms with Crippen molar-refractivity contribution in [1.82, 2.24) is 4.98 Å². The summed E-state index contributed by atoms with van der Waals surface area (Å²) in [5, 5.41) is 2.73. The van der Waals surface area contributed by atoms with Crippen molar-refractivity contribution in [3.63, 3.8) is 0 Å². The van der Waals surface area contributed by atoms with Crippen LogP contribution in [-0.2, 0) is 0 Å². The van der Waals surface area contributed by atoms with Crippen LogP contribution in [-0.4, -0.2) is 10.9 Å². The molecule has 1 aromatic heterocycles. The summed E-state index contributed by atoms with van der Waals surface area (Å²) in [6.45, 7) is 3.89. The number of hydrogen-bond acceptors (Lipinski definition) is 2.